The predicted octanol–water partition coefficient (Wildman–Crippen LogP) is 5.45. The first kappa shape index (κ1) is 24.8. The maximum atomic E-state index is 11.7. The third-order valence-corrected chi connectivity index (χ3v) is 8.77. The number of para-hydroxylation sites is 2. The van der Waals surface area contributed by atoms with E-state index >= 15 is 0 Å². The van der Waals surface area contributed by atoms with Crippen molar-refractivity contribution in [2.75, 3.05) is 37.8 Å². The lowest BCUT2D eigenvalue weighted by Crippen LogP contribution is -2.36. The monoisotopic (exact) mass is 537 g/mol. The molecule has 0 radical (unpaired) electrons. The molecule has 2 N–H and O–H groups in total. The van der Waals surface area contributed by atoms with Gasteiger partial charge in [0.05, 0.1) is 59.6 Å². The van der Waals surface area contributed by atoms with Gasteiger partial charge in [0.2, 0.25) is 11.8 Å². The highest BCUT2D eigenvalue weighted by Crippen LogP contribution is 2.65. The summed E-state index contributed by atoms with van der Waals surface area (Å²) < 4.78 is 20.0. The number of nitriles is 1. The highest BCUT2D eigenvalue weighted by molar-refractivity contribution is 5.95. The van der Waals surface area contributed by atoms with E-state index in [1.165, 1.54) is 4.57 Å². The first-order valence-electron chi connectivity index (χ1n) is 13.8. The number of nitrogens with zero attached hydrogens (tertiary/aromatic N) is 3. The number of hydrogen-bond acceptors (Lipinski definition) is 7. The first-order chi connectivity index (χ1) is 19.5. The molecule has 0 aliphatic carbocycles. The minimum Gasteiger partial charge on any atom is -0.494 e. The van der Waals surface area contributed by atoms with E-state index in [0.717, 1.165) is 48.1 Å². The summed E-state index contributed by atoms with van der Waals surface area (Å²) >= 11 is 0. The molecule has 0 unspecified atom stereocenters. The maximum Gasteiger partial charge on any atom is 0.205 e. The summed E-state index contributed by atoms with van der Waals surface area (Å²) in [6.45, 7) is 5.40. The summed E-state index contributed by atoms with van der Waals surface area (Å²) in [5.41, 5.74) is 2.00. The second kappa shape index (κ2) is 9.19. The summed E-state index contributed by atoms with van der Waals surface area (Å²) in [4.78, 5) is 2.28. The molecule has 3 aliphatic heterocycles. The maximum absolute atomic E-state index is 11.7. The van der Waals surface area contributed by atoms with Crippen molar-refractivity contribution in [1.82, 2.24) is 4.57 Å². The average molecular weight is 538 g/mol. The van der Waals surface area contributed by atoms with Gasteiger partial charge in [-0.2, -0.15) is 5.26 Å². The molecular formula is C32H31N3O5. The molecule has 4 aromatic rings. The Morgan fingerprint density at radius 2 is 1.62 bits per heavy atom. The Labute approximate surface area is 232 Å². The fourth-order valence-electron chi connectivity index (χ4n) is 6.88. The SMILES string of the molecule is C[C@@]12CC[C@@](CCOc3ccccc3N3CCOCC3)(O1)c1c2c(O)n(-c2ccc(C#N)c3ccccc23)c1O. The minimum absolute atomic E-state index is 0.0231. The minimum atomic E-state index is -0.771. The van der Waals surface area contributed by atoms with E-state index in [-0.39, 0.29) is 11.8 Å². The van der Waals surface area contributed by atoms with Crippen LogP contribution in [0.3, 0.4) is 0 Å². The van der Waals surface area contributed by atoms with Crippen LogP contribution in [0.2, 0.25) is 0 Å². The number of benzene rings is 3. The van der Waals surface area contributed by atoms with Crippen LogP contribution in [0.5, 0.6) is 17.5 Å². The summed E-state index contributed by atoms with van der Waals surface area (Å²) in [5, 5.41) is 34.4. The van der Waals surface area contributed by atoms with Crippen molar-refractivity contribution in [1.29, 1.82) is 5.26 Å². The Hall–Kier alpha value is -4.19. The van der Waals surface area contributed by atoms with E-state index in [4.69, 9.17) is 14.2 Å². The number of hydrogen-bond donors (Lipinski definition) is 2. The Bertz CT molecular complexity index is 1670. The van der Waals surface area contributed by atoms with Gasteiger partial charge in [-0.05, 0) is 44.0 Å². The van der Waals surface area contributed by atoms with Gasteiger partial charge >= 0.3 is 0 Å². The van der Waals surface area contributed by atoms with E-state index in [2.05, 4.69) is 17.0 Å². The number of morpholine rings is 1. The van der Waals surface area contributed by atoms with E-state index in [1.54, 1.807) is 12.1 Å². The van der Waals surface area contributed by atoms with Gasteiger partial charge in [-0.3, -0.25) is 4.57 Å². The summed E-state index contributed by atoms with van der Waals surface area (Å²) in [7, 11) is 0. The lowest BCUT2D eigenvalue weighted by molar-refractivity contribution is -0.0876. The van der Waals surface area contributed by atoms with Gasteiger partial charge in [0.25, 0.3) is 0 Å². The number of ether oxygens (including phenoxy) is 3. The van der Waals surface area contributed by atoms with Crippen LogP contribution in [0.4, 0.5) is 5.69 Å². The van der Waals surface area contributed by atoms with E-state index in [0.29, 0.717) is 48.6 Å². The fraction of sp³-hybridized carbons (Fsp3) is 0.344. The molecule has 2 fully saturated rings. The van der Waals surface area contributed by atoms with Crippen LogP contribution >= 0.6 is 0 Å². The predicted molar refractivity (Wildman–Crippen MR) is 150 cm³/mol. The van der Waals surface area contributed by atoms with Crippen LogP contribution in [-0.2, 0) is 20.7 Å². The first-order valence-corrected chi connectivity index (χ1v) is 13.8. The highest BCUT2D eigenvalue weighted by atomic mass is 16.5. The normalized spacial score (nSPS) is 23.4. The molecule has 2 atom stereocenters. The number of aromatic nitrogens is 1. The third kappa shape index (κ3) is 3.58. The van der Waals surface area contributed by atoms with Crippen LogP contribution in [0.15, 0.2) is 60.7 Å². The highest BCUT2D eigenvalue weighted by Gasteiger charge is 2.61. The molecule has 0 saturated carbocycles. The third-order valence-electron chi connectivity index (χ3n) is 8.77. The summed E-state index contributed by atoms with van der Waals surface area (Å²) in [6, 6.07) is 21.3. The van der Waals surface area contributed by atoms with Crippen LogP contribution < -0.4 is 9.64 Å². The Morgan fingerprint density at radius 1 is 0.900 bits per heavy atom. The molecular weight excluding hydrogens is 506 g/mol. The van der Waals surface area contributed by atoms with Gasteiger partial charge in [-0.25, -0.2) is 0 Å². The van der Waals surface area contributed by atoms with E-state index in [9.17, 15) is 15.5 Å². The topological polar surface area (TPSA) is 100 Å². The summed E-state index contributed by atoms with van der Waals surface area (Å²) in [6.07, 6.45) is 1.98. The van der Waals surface area contributed by atoms with Gasteiger partial charge in [0.15, 0.2) is 0 Å². The molecule has 0 spiro atoms. The molecule has 2 bridgehead atoms. The zero-order valence-corrected chi connectivity index (χ0v) is 22.4. The molecule has 3 aromatic carbocycles. The molecule has 2 saturated heterocycles. The lowest BCUT2D eigenvalue weighted by atomic mass is 9.78. The molecule has 1 aromatic heterocycles. The number of rotatable bonds is 6. The second-order valence-corrected chi connectivity index (χ2v) is 11.0. The van der Waals surface area contributed by atoms with Gasteiger partial charge in [0, 0.05) is 30.3 Å². The van der Waals surface area contributed by atoms with Gasteiger partial charge in [0.1, 0.15) is 11.4 Å². The number of fused-ring (bicyclic) bond motifs is 6. The lowest BCUT2D eigenvalue weighted by Gasteiger charge is -2.31. The molecule has 4 heterocycles. The average Bonchev–Trinajstić information content (AvgIpc) is 3.57. The molecule has 40 heavy (non-hydrogen) atoms. The Morgan fingerprint density at radius 3 is 2.42 bits per heavy atom. The second-order valence-electron chi connectivity index (χ2n) is 11.0. The van der Waals surface area contributed by atoms with Crippen molar-refractivity contribution in [3.05, 3.63) is 77.4 Å². The van der Waals surface area contributed by atoms with Crippen molar-refractivity contribution < 1.29 is 24.4 Å². The number of anilines is 1. The molecule has 8 nitrogen and oxygen atoms in total. The standard InChI is InChI=1S/C32H31N3O5/c1-31-12-13-32(40-31,14-17-39-26-9-5-4-8-25(26)34-15-18-38-19-16-34)28-27(31)29(36)35(30(28)37)24-11-10-21(20-33)22-6-2-3-7-23(22)24/h2-11,36-37H,12-19H2,1H3/t31-,32-/m0/s1. The van der Waals surface area contributed by atoms with Gasteiger partial charge in [-0.15, -0.1) is 0 Å². The van der Waals surface area contributed by atoms with Crippen molar-refractivity contribution in [2.45, 2.75) is 37.4 Å². The van der Waals surface area contributed by atoms with Crippen LogP contribution in [0, 0.1) is 11.3 Å². The zero-order valence-electron chi connectivity index (χ0n) is 22.4. The zero-order chi connectivity index (χ0) is 27.5. The number of aromatic hydroxyl groups is 2. The summed E-state index contributed by atoms with van der Waals surface area (Å²) in [5.74, 6) is 0.762. The molecule has 3 aliphatic rings. The van der Waals surface area contributed by atoms with Crippen molar-refractivity contribution in [3.63, 3.8) is 0 Å². The van der Waals surface area contributed by atoms with Crippen LogP contribution in [-0.4, -0.2) is 47.7 Å². The van der Waals surface area contributed by atoms with Gasteiger partial charge < -0.3 is 29.3 Å². The van der Waals surface area contributed by atoms with Crippen molar-refractivity contribution in [3.8, 4) is 29.3 Å². The molecule has 7 rings (SSSR count). The van der Waals surface area contributed by atoms with Crippen LogP contribution in [0.25, 0.3) is 16.5 Å². The Balaban J connectivity index is 1.24. The fourth-order valence-corrected chi connectivity index (χ4v) is 6.88. The van der Waals surface area contributed by atoms with Crippen LogP contribution in [0.1, 0.15) is 42.9 Å². The Kier molecular flexibility index (Phi) is 5.70. The van der Waals surface area contributed by atoms with Crippen molar-refractivity contribution >= 4 is 16.5 Å². The van der Waals surface area contributed by atoms with Gasteiger partial charge in [-0.1, -0.05) is 36.4 Å². The smallest absolute Gasteiger partial charge is 0.205 e. The van der Waals surface area contributed by atoms with E-state index in [1.807, 2.05) is 49.4 Å². The van der Waals surface area contributed by atoms with Crippen molar-refractivity contribution in [2.24, 2.45) is 0 Å². The molecule has 8 heteroatoms. The quantitative estimate of drug-likeness (QED) is 0.337. The molecule has 0 amide bonds. The molecule has 204 valence electrons. The van der Waals surface area contributed by atoms with E-state index < -0.39 is 11.2 Å². The largest absolute Gasteiger partial charge is 0.494 e.